The second-order valence-corrected chi connectivity index (χ2v) is 5.64. The first-order valence-corrected chi connectivity index (χ1v) is 6.98. The minimum atomic E-state index is 0.590. The van der Waals surface area contributed by atoms with Gasteiger partial charge >= 0.3 is 0 Å². The predicted molar refractivity (Wildman–Crippen MR) is 77.9 cm³/mol. The van der Waals surface area contributed by atoms with Crippen LogP contribution in [0.1, 0.15) is 31.7 Å². The van der Waals surface area contributed by atoms with Crippen molar-refractivity contribution in [2.24, 2.45) is 5.92 Å². The maximum Gasteiger partial charge on any atom is 0.0159 e. The SMILES string of the molecule is C[C@@H]1CCN[C@H]1[C@@H](C)c1ccc2ccccc2c1. The molecule has 3 rings (SSSR count). The summed E-state index contributed by atoms with van der Waals surface area (Å²) in [5, 5.41) is 6.34. The van der Waals surface area contributed by atoms with Gasteiger partial charge in [0.15, 0.2) is 0 Å². The molecular formula is C17H21N. The zero-order valence-electron chi connectivity index (χ0n) is 11.2. The van der Waals surface area contributed by atoms with Crippen LogP contribution in [0.2, 0.25) is 0 Å². The summed E-state index contributed by atoms with van der Waals surface area (Å²) in [4.78, 5) is 0. The molecule has 0 amide bonds. The number of benzene rings is 2. The van der Waals surface area contributed by atoms with Crippen molar-refractivity contribution in [1.29, 1.82) is 0 Å². The van der Waals surface area contributed by atoms with Gasteiger partial charge in [0.2, 0.25) is 0 Å². The second-order valence-electron chi connectivity index (χ2n) is 5.64. The van der Waals surface area contributed by atoms with Gasteiger partial charge in [-0.1, -0.05) is 56.3 Å². The first kappa shape index (κ1) is 11.7. The molecule has 0 aliphatic carbocycles. The summed E-state index contributed by atoms with van der Waals surface area (Å²) in [6, 6.07) is 16.1. The molecule has 0 spiro atoms. The Morgan fingerprint density at radius 2 is 1.89 bits per heavy atom. The van der Waals surface area contributed by atoms with Crippen molar-refractivity contribution in [2.45, 2.75) is 32.2 Å². The molecule has 2 aromatic carbocycles. The number of hydrogen-bond acceptors (Lipinski definition) is 1. The average molecular weight is 239 g/mol. The predicted octanol–water partition coefficient (Wildman–Crippen LogP) is 3.94. The lowest BCUT2D eigenvalue weighted by Crippen LogP contribution is -2.31. The van der Waals surface area contributed by atoms with Crippen LogP contribution in [0, 0.1) is 5.92 Å². The van der Waals surface area contributed by atoms with Gasteiger partial charge in [-0.15, -0.1) is 0 Å². The van der Waals surface area contributed by atoms with E-state index in [0.717, 1.165) is 5.92 Å². The van der Waals surface area contributed by atoms with E-state index in [1.165, 1.54) is 29.3 Å². The maximum absolute atomic E-state index is 3.65. The third kappa shape index (κ3) is 2.04. The molecule has 0 unspecified atom stereocenters. The van der Waals surface area contributed by atoms with Crippen LogP contribution in [0.3, 0.4) is 0 Å². The van der Waals surface area contributed by atoms with Gasteiger partial charge < -0.3 is 5.32 Å². The smallest absolute Gasteiger partial charge is 0.0159 e. The average Bonchev–Trinajstić information content (AvgIpc) is 2.83. The summed E-state index contributed by atoms with van der Waals surface area (Å²) in [6.07, 6.45) is 1.31. The third-order valence-electron chi connectivity index (χ3n) is 4.43. The van der Waals surface area contributed by atoms with E-state index in [1.807, 2.05) is 0 Å². The lowest BCUT2D eigenvalue weighted by Gasteiger charge is -2.24. The van der Waals surface area contributed by atoms with Gasteiger partial charge in [-0.2, -0.15) is 0 Å². The summed E-state index contributed by atoms with van der Waals surface area (Å²) in [5.41, 5.74) is 1.46. The van der Waals surface area contributed by atoms with Crippen LogP contribution in [0.4, 0.5) is 0 Å². The third-order valence-corrected chi connectivity index (χ3v) is 4.43. The van der Waals surface area contributed by atoms with Crippen molar-refractivity contribution < 1.29 is 0 Å². The Hall–Kier alpha value is -1.34. The minimum Gasteiger partial charge on any atom is -0.313 e. The Morgan fingerprint density at radius 1 is 1.11 bits per heavy atom. The summed E-state index contributed by atoms with van der Waals surface area (Å²) < 4.78 is 0. The number of nitrogens with one attached hydrogen (secondary N) is 1. The van der Waals surface area contributed by atoms with Crippen LogP contribution < -0.4 is 5.32 Å². The molecular weight excluding hydrogens is 218 g/mol. The lowest BCUT2D eigenvalue weighted by atomic mass is 9.86. The zero-order chi connectivity index (χ0) is 12.5. The molecule has 0 aromatic heterocycles. The molecule has 1 heterocycles. The van der Waals surface area contributed by atoms with Gasteiger partial charge in [0.25, 0.3) is 0 Å². The topological polar surface area (TPSA) is 12.0 Å². The highest BCUT2D eigenvalue weighted by atomic mass is 15.0. The van der Waals surface area contributed by atoms with E-state index in [0.29, 0.717) is 12.0 Å². The van der Waals surface area contributed by atoms with Gasteiger partial charge in [-0.05, 0) is 41.1 Å². The molecule has 1 aliphatic heterocycles. The van der Waals surface area contributed by atoms with Crippen LogP contribution in [0.5, 0.6) is 0 Å². The van der Waals surface area contributed by atoms with Gasteiger partial charge in [0.1, 0.15) is 0 Å². The highest BCUT2D eigenvalue weighted by Crippen LogP contribution is 2.30. The highest BCUT2D eigenvalue weighted by molar-refractivity contribution is 5.83. The fraction of sp³-hybridized carbons (Fsp3) is 0.412. The van der Waals surface area contributed by atoms with E-state index >= 15 is 0 Å². The van der Waals surface area contributed by atoms with Crippen molar-refractivity contribution in [3.05, 3.63) is 48.0 Å². The van der Waals surface area contributed by atoms with E-state index < -0.39 is 0 Å². The molecule has 1 saturated heterocycles. The van der Waals surface area contributed by atoms with Crippen LogP contribution in [0.15, 0.2) is 42.5 Å². The molecule has 0 saturated carbocycles. The summed E-state index contributed by atoms with van der Waals surface area (Å²) in [5.74, 6) is 1.37. The molecule has 1 N–H and O–H groups in total. The van der Waals surface area contributed by atoms with Gasteiger partial charge in [0.05, 0.1) is 0 Å². The lowest BCUT2D eigenvalue weighted by molar-refractivity contribution is 0.423. The first-order valence-electron chi connectivity index (χ1n) is 6.98. The second kappa shape index (κ2) is 4.74. The fourth-order valence-corrected chi connectivity index (χ4v) is 3.23. The van der Waals surface area contributed by atoms with E-state index in [-0.39, 0.29) is 0 Å². The number of rotatable bonds is 2. The zero-order valence-corrected chi connectivity index (χ0v) is 11.2. The molecule has 18 heavy (non-hydrogen) atoms. The largest absolute Gasteiger partial charge is 0.313 e. The van der Waals surface area contributed by atoms with Crippen molar-refractivity contribution >= 4 is 10.8 Å². The van der Waals surface area contributed by atoms with Crippen LogP contribution >= 0.6 is 0 Å². The Bertz CT molecular complexity index is 546. The summed E-state index contributed by atoms with van der Waals surface area (Å²) in [6.45, 7) is 5.88. The Balaban J connectivity index is 1.93. The van der Waals surface area contributed by atoms with Crippen LogP contribution in [-0.2, 0) is 0 Å². The molecule has 1 fully saturated rings. The van der Waals surface area contributed by atoms with E-state index in [2.05, 4.69) is 61.6 Å². The van der Waals surface area contributed by atoms with Crippen molar-refractivity contribution in [3.8, 4) is 0 Å². The molecule has 2 aromatic rings. The molecule has 1 nitrogen and oxygen atoms in total. The van der Waals surface area contributed by atoms with E-state index in [4.69, 9.17) is 0 Å². The Kier molecular flexibility index (Phi) is 3.09. The Labute approximate surface area is 109 Å². The summed E-state index contributed by atoms with van der Waals surface area (Å²) >= 11 is 0. The van der Waals surface area contributed by atoms with E-state index in [9.17, 15) is 0 Å². The fourth-order valence-electron chi connectivity index (χ4n) is 3.23. The molecule has 3 atom stereocenters. The maximum atomic E-state index is 3.65. The number of hydrogen-bond donors (Lipinski definition) is 1. The monoisotopic (exact) mass is 239 g/mol. The molecule has 94 valence electrons. The van der Waals surface area contributed by atoms with Gasteiger partial charge in [-0.3, -0.25) is 0 Å². The van der Waals surface area contributed by atoms with Crippen molar-refractivity contribution in [3.63, 3.8) is 0 Å². The summed E-state index contributed by atoms with van der Waals surface area (Å²) in [7, 11) is 0. The van der Waals surface area contributed by atoms with E-state index in [1.54, 1.807) is 0 Å². The molecule has 1 heteroatoms. The first-order chi connectivity index (χ1) is 8.75. The van der Waals surface area contributed by atoms with Crippen molar-refractivity contribution in [2.75, 3.05) is 6.54 Å². The minimum absolute atomic E-state index is 0.590. The van der Waals surface area contributed by atoms with Gasteiger partial charge in [-0.25, -0.2) is 0 Å². The van der Waals surface area contributed by atoms with Crippen LogP contribution in [-0.4, -0.2) is 12.6 Å². The van der Waals surface area contributed by atoms with Crippen molar-refractivity contribution in [1.82, 2.24) is 5.32 Å². The standard InChI is InChI=1S/C17H21N/c1-12-9-10-18-17(12)13(2)15-8-7-14-5-3-4-6-16(14)11-15/h3-8,11-13,17-18H,9-10H2,1-2H3/t12-,13+,17-/m1/s1. The highest BCUT2D eigenvalue weighted by Gasteiger charge is 2.28. The number of fused-ring (bicyclic) bond motifs is 1. The van der Waals surface area contributed by atoms with Crippen LogP contribution in [0.25, 0.3) is 10.8 Å². The molecule has 1 aliphatic rings. The normalized spacial score (nSPS) is 25.4. The molecule has 0 radical (unpaired) electrons. The Morgan fingerprint density at radius 3 is 2.61 bits per heavy atom. The quantitative estimate of drug-likeness (QED) is 0.837. The van der Waals surface area contributed by atoms with Gasteiger partial charge in [0, 0.05) is 6.04 Å². The molecule has 0 bridgehead atoms.